The molecular weight excluding hydrogens is 282 g/mol. The molecule has 20 heavy (non-hydrogen) atoms. The van der Waals surface area contributed by atoms with Crippen LogP contribution in [0.4, 0.5) is 5.95 Å². The predicted octanol–water partition coefficient (Wildman–Crippen LogP) is 0.703. The maximum Gasteiger partial charge on any atom is 0.258 e. The van der Waals surface area contributed by atoms with Crippen molar-refractivity contribution in [2.75, 3.05) is 18.0 Å². The summed E-state index contributed by atoms with van der Waals surface area (Å²) in [6.45, 7) is 6.38. The van der Waals surface area contributed by atoms with Crippen molar-refractivity contribution in [2.24, 2.45) is 0 Å². The zero-order valence-electron chi connectivity index (χ0n) is 11.5. The first-order valence-corrected chi connectivity index (χ1v) is 6.51. The van der Waals surface area contributed by atoms with Crippen LogP contribution in [0.5, 0.6) is 0 Å². The first-order valence-electron chi connectivity index (χ1n) is 6.13. The minimum atomic E-state index is -0.872. The molecule has 108 valence electrons. The molecular formula is C11H16ClN7O. The lowest BCUT2D eigenvalue weighted by atomic mass is 10.1. The van der Waals surface area contributed by atoms with E-state index in [0.717, 1.165) is 0 Å². The molecule has 0 unspecified atom stereocenters. The van der Waals surface area contributed by atoms with Crippen LogP contribution in [0, 0.1) is 0 Å². The van der Waals surface area contributed by atoms with E-state index in [9.17, 15) is 5.11 Å². The van der Waals surface area contributed by atoms with Gasteiger partial charge in [0.05, 0.1) is 5.60 Å². The zero-order chi connectivity index (χ0) is 14.8. The van der Waals surface area contributed by atoms with Gasteiger partial charge in [0.2, 0.25) is 11.2 Å². The number of halogens is 1. The van der Waals surface area contributed by atoms with Crippen molar-refractivity contribution >= 4 is 17.5 Å². The summed E-state index contributed by atoms with van der Waals surface area (Å²) in [5, 5.41) is 13.9. The molecule has 0 spiro atoms. The Bertz CT molecular complexity index is 567. The second-order valence-corrected chi connectivity index (χ2v) is 5.21. The molecule has 0 amide bonds. The van der Waals surface area contributed by atoms with Gasteiger partial charge in [-0.3, -0.25) is 0 Å². The number of anilines is 1. The van der Waals surface area contributed by atoms with Crippen LogP contribution in [0.25, 0.3) is 5.95 Å². The van der Waals surface area contributed by atoms with Crippen LogP contribution in [-0.2, 0) is 0 Å². The van der Waals surface area contributed by atoms with Crippen molar-refractivity contribution in [1.82, 2.24) is 29.7 Å². The van der Waals surface area contributed by atoms with Gasteiger partial charge in [-0.05, 0) is 32.4 Å². The third-order valence-electron chi connectivity index (χ3n) is 2.45. The van der Waals surface area contributed by atoms with Crippen molar-refractivity contribution in [1.29, 1.82) is 0 Å². The molecule has 0 bridgehead atoms. The van der Waals surface area contributed by atoms with Crippen LogP contribution in [0.2, 0.25) is 5.28 Å². The highest BCUT2D eigenvalue weighted by atomic mass is 35.5. The number of rotatable bonds is 5. The lowest BCUT2D eigenvalue weighted by Crippen LogP contribution is -2.39. The van der Waals surface area contributed by atoms with Crippen LogP contribution in [0.3, 0.4) is 0 Å². The Hall–Kier alpha value is -1.80. The van der Waals surface area contributed by atoms with Crippen LogP contribution in [0.1, 0.15) is 20.8 Å². The highest BCUT2D eigenvalue weighted by Gasteiger charge is 2.20. The third kappa shape index (κ3) is 3.61. The second kappa shape index (κ2) is 5.68. The molecule has 2 aromatic heterocycles. The Morgan fingerprint density at radius 2 is 2.10 bits per heavy atom. The fraction of sp³-hybridized carbons (Fsp3) is 0.545. The summed E-state index contributed by atoms with van der Waals surface area (Å²) in [7, 11) is 0. The van der Waals surface area contributed by atoms with Crippen LogP contribution < -0.4 is 4.90 Å². The Balaban J connectivity index is 2.36. The standard InChI is InChI=1S/C11H16ClN7O/c1-4-18(5-11(2,3)20)9-15-8(12)16-10(17-9)19-7-13-6-14-19/h6-7,20H,4-5H2,1-3H3. The summed E-state index contributed by atoms with van der Waals surface area (Å²) in [6.07, 6.45) is 2.85. The van der Waals surface area contributed by atoms with Gasteiger partial charge in [0, 0.05) is 13.1 Å². The van der Waals surface area contributed by atoms with E-state index in [0.29, 0.717) is 19.0 Å². The normalized spacial score (nSPS) is 11.7. The van der Waals surface area contributed by atoms with Crippen LogP contribution in [0.15, 0.2) is 12.7 Å². The topological polar surface area (TPSA) is 92.8 Å². The minimum absolute atomic E-state index is 0.0645. The van der Waals surface area contributed by atoms with E-state index in [-0.39, 0.29) is 11.2 Å². The summed E-state index contributed by atoms with van der Waals surface area (Å²) in [4.78, 5) is 18.1. The Kier molecular flexibility index (Phi) is 4.15. The lowest BCUT2D eigenvalue weighted by molar-refractivity contribution is 0.0872. The molecule has 2 heterocycles. The molecule has 0 fully saturated rings. The molecule has 2 aromatic rings. The van der Waals surface area contributed by atoms with E-state index in [4.69, 9.17) is 11.6 Å². The molecule has 0 atom stereocenters. The number of hydrogen-bond acceptors (Lipinski definition) is 7. The predicted molar refractivity (Wildman–Crippen MR) is 73.9 cm³/mol. The Labute approximate surface area is 121 Å². The fourth-order valence-corrected chi connectivity index (χ4v) is 1.83. The molecule has 2 rings (SSSR count). The highest BCUT2D eigenvalue weighted by molar-refractivity contribution is 6.28. The van der Waals surface area contributed by atoms with Gasteiger partial charge in [-0.15, -0.1) is 0 Å². The summed E-state index contributed by atoms with van der Waals surface area (Å²) < 4.78 is 1.40. The van der Waals surface area contributed by atoms with Crippen molar-refractivity contribution in [3.05, 3.63) is 17.9 Å². The SMILES string of the molecule is CCN(CC(C)(C)O)c1nc(Cl)nc(-n2cncn2)n1. The number of aliphatic hydroxyl groups is 1. The summed E-state index contributed by atoms with van der Waals surface area (Å²) in [5.41, 5.74) is -0.872. The first-order chi connectivity index (χ1) is 9.39. The van der Waals surface area contributed by atoms with Gasteiger partial charge in [-0.1, -0.05) is 0 Å². The van der Waals surface area contributed by atoms with E-state index < -0.39 is 5.60 Å². The quantitative estimate of drug-likeness (QED) is 0.868. The van der Waals surface area contributed by atoms with E-state index in [2.05, 4.69) is 25.0 Å². The van der Waals surface area contributed by atoms with Crippen molar-refractivity contribution in [3.63, 3.8) is 0 Å². The summed E-state index contributed by atoms with van der Waals surface area (Å²) >= 11 is 5.93. The molecule has 0 saturated heterocycles. The fourth-order valence-electron chi connectivity index (χ4n) is 1.68. The van der Waals surface area contributed by atoms with Gasteiger partial charge in [0.1, 0.15) is 12.7 Å². The van der Waals surface area contributed by atoms with Crippen molar-refractivity contribution in [3.8, 4) is 5.95 Å². The maximum absolute atomic E-state index is 9.93. The molecule has 0 radical (unpaired) electrons. The molecule has 8 nitrogen and oxygen atoms in total. The van der Waals surface area contributed by atoms with Gasteiger partial charge in [0.25, 0.3) is 5.95 Å². The van der Waals surface area contributed by atoms with E-state index in [1.807, 2.05) is 11.8 Å². The molecule has 0 aliphatic rings. The summed E-state index contributed by atoms with van der Waals surface area (Å²) in [6, 6.07) is 0. The molecule has 0 aromatic carbocycles. The van der Waals surface area contributed by atoms with Crippen LogP contribution in [-0.4, -0.2) is 53.5 Å². The average Bonchev–Trinajstić information content (AvgIpc) is 2.88. The molecule has 0 saturated carbocycles. The van der Waals surface area contributed by atoms with E-state index in [1.54, 1.807) is 13.8 Å². The van der Waals surface area contributed by atoms with Gasteiger partial charge in [0.15, 0.2) is 0 Å². The van der Waals surface area contributed by atoms with Gasteiger partial charge in [-0.25, -0.2) is 4.98 Å². The first kappa shape index (κ1) is 14.6. The molecule has 1 N–H and O–H groups in total. The second-order valence-electron chi connectivity index (χ2n) is 4.87. The Morgan fingerprint density at radius 1 is 1.35 bits per heavy atom. The monoisotopic (exact) mass is 297 g/mol. The summed E-state index contributed by atoms with van der Waals surface area (Å²) in [5.74, 6) is 0.673. The van der Waals surface area contributed by atoms with Gasteiger partial charge in [-0.2, -0.15) is 24.7 Å². The number of likely N-dealkylation sites (N-methyl/N-ethyl adjacent to an activating group) is 1. The molecule has 9 heteroatoms. The zero-order valence-corrected chi connectivity index (χ0v) is 12.3. The van der Waals surface area contributed by atoms with Gasteiger partial charge < -0.3 is 10.0 Å². The van der Waals surface area contributed by atoms with E-state index in [1.165, 1.54) is 17.3 Å². The maximum atomic E-state index is 9.93. The highest BCUT2D eigenvalue weighted by Crippen LogP contribution is 2.15. The molecule has 0 aliphatic carbocycles. The number of nitrogens with zero attached hydrogens (tertiary/aromatic N) is 7. The largest absolute Gasteiger partial charge is 0.389 e. The van der Waals surface area contributed by atoms with Gasteiger partial charge >= 0.3 is 0 Å². The van der Waals surface area contributed by atoms with Crippen LogP contribution >= 0.6 is 11.6 Å². The lowest BCUT2D eigenvalue weighted by Gasteiger charge is -2.28. The number of aromatic nitrogens is 6. The average molecular weight is 298 g/mol. The van der Waals surface area contributed by atoms with Crippen molar-refractivity contribution < 1.29 is 5.11 Å². The van der Waals surface area contributed by atoms with Crippen molar-refractivity contribution in [2.45, 2.75) is 26.4 Å². The molecule has 0 aliphatic heterocycles. The smallest absolute Gasteiger partial charge is 0.258 e. The minimum Gasteiger partial charge on any atom is -0.389 e. The Morgan fingerprint density at radius 3 is 2.65 bits per heavy atom. The van der Waals surface area contributed by atoms with E-state index >= 15 is 0 Å². The number of hydrogen-bond donors (Lipinski definition) is 1. The third-order valence-corrected chi connectivity index (χ3v) is 2.62.